The first kappa shape index (κ1) is 21.4. The summed E-state index contributed by atoms with van der Waals surface area (Å²) in [5, 5.41) is 7.03. The van der Waals surface area contributed by atoms with E-state index < -0.39 is 34.5 Å². The summed E-state index contributed by atoms with van der Waals surface area (Å²) in [6, 6.07) is 4.67. The Kier molecular flexibility index (Phi) is 5.07. The molecule has 1 fully saturated rings. The zero-order valence-corrected chi connectivity index (χ0v) is 17.2. The third-order valence-electron chi connectivity index (χ3n) is 5.61. The lowest BCUT2D eigenvalue weighted by atomic mass is 9.75. The summed E-state index contributed by atoms with van der Waals surface area (Å²) >= 11 is 0. The monoisotopic (exact) mass is 436 g/mol. The highest BCUT2D eigenvalue weighted by atomic mass is 19.4. The van der Waals surface area contributed by atoms with Crippen molar-refractivity contribution in [3.8, 4) is 5.69 Å². The number of amides is 1. The van der Waals surface area contributed by atoms with Gasteiger partial charge in [-0.2, -0.15) is 18.3 Å². The lowest BCUT2D eigenvalue weighted by Gasteiger charge is -2.29. The van der Waals surface area contributed by atoms with E-state index in [-0.39, 0.29) is 35.8 Å². The summed E-state index contributed by atoms with van der Waals surface area (Å²) in [5.74, 6) is -1.41. The normalized spacial score (nSPS) is 20.5. The summed E-state index contributed by atoms with van der Waals surface area (Å²) in [6.45, 7) is 4.74. The van der Waals surface area contributed by atoms with Crippen LogP contribution in [-0.4, -0.2) is 40.7 Å². The van der Waals surface area contributed by atoms with Crippen LogP contribution in [0.25, 0.3) is 5.69 Å². The molecule has 0 unspecified atom stereocenters. The average Bonchev–Trinajstić information content (AvgIpc) is 3.27. The molecule has 0 saturated carbocycles. The number of carbonyl (C=O) groups excluding carboxylic acids is 2. The standard InChI is InChI=1S/C21H23F3N4O3/c1-20(2)8-15-17(16(29)9-20)18(21(22,23)24)27-28(15)14-7-11(3-4-13(14)19(25)30)26-12-5-6-31-10-12/h3-4,7,12,26H,5-6,8-10H2,1-2H3,(H2,25,30)/t12-/m1/s1. The fourth-order valence-electron chi connectivity index (χ4n) is 4.23. The molecule has 166 valence electrons. The summed E-state index contributed by atoms with van der Waals surface area (Å²) in [6.07, 6.45) is -3.84. The van der Waals surface area contributed by atoms with Gasteiger partial charge in [-0.15, -0.1) is 0 Å². The molecule has 1 aliphatic carbocycles. The van der Waals surface area contributed by atoms with Crippen LogP contribution in [0.5, 0.6) is 0 Å². The highest BCUT2D eigenvalue weighted by molar-refractivity contribution is 6.01. The Morgan fingerprint density at radius 3 is 2.68 bits per heavy atom. The van der Waals surface area contributed by atoms with Gasteiger partial charge in [-0.05, 0) is 36.5 Å². The lowest BCUT2D eigenvalue weighted by Crippen LogP contribution is -2.29. The minimum atomic E-state index is -4.81. The second-order valence-corrected chi connectivity index (χ2v) is 8.82. The van der Waals surface area contributed by atoms with E-state index in [1.165, 1.54) is 12.1 Å². The van der Waals surface area contributed by atoms with Crippen LogP contribution in [0, 0.1) is 5.41 Å². The summed E-state index contributed by atoms with van der Waals surface area (Å²) in [5.41, 5.74) is 4.15. The number of fused-ring (bicyclic) bond motifs is 1. The van der Waals surface area contributed by atoms with Crippen molar-refractivity contribution >= 4 is 17.4 Å². The maximum atomic E-state index is 13.7. The van der Waals surface area contributed by atoms with Crippen LogP contribution in [-0.2, 0) is 17.3 Å². The van der Waals surface area contributed by atoms with Gasteiger partial charge in [0.15, 0.2) is 11.5 Å². The number of ether oxygens (including phenoxy) is 1. The highest BCUT2D eigenvalue weighted by Gasteiger charge is 2.45. The van der Waals surface area contributed by atoms with Crippen LogP contribution >= 0.6 is 0 Å². The Bertz CT molecular complexity index is 1050. The summed E-state index contributed by atoms with van der Waals surface area (Å²) in [4.78, 5) is 24.7. The Morgan fingerprint density at radius 1 is 1.32 bits per heavy atom. The van der Waals surface area contributed by atoms with Crippen molar-refractivity contribution in [1.82, 2.24) is 9.78 Å². The molecule has 0 radical (unpaired) electrons. The van der Waals surface area contributed by atoms with E-state index >= 15 is 0 Å². The van der Waals surface area contributed by atoms with E-state index in [4.69, 9.17) is 10.5 Å². The molecule has 1 aromatic carbocycles. The van der Waals surface area contributed by atoms with Gasteiger partial charge in [0.2, 0.25) is 0 Å². The van der Waals surface area contributed by atoms with Crippen LogP contribution in [0.3, 0.4) is 0 Å². The van der Waals surface area contributed by atoms with Gasteiger partial charge in [-0.25, -0.2) is 4.68 Å². The zero-order valence-electron chi connectivity index (χ0n) is 17.2. The number of Topliss-reactive ketones (excluding diaryl/α,β-unsaturated/α-hetero) is 1. The Balaban J connectivity index is 1.90. The minimum Gasteiger partial charge on any atom is -0.380 e. The number of nitrogens with two attached hydrogens (primary N) is 1. The molecule has 4 rings (SSSR count). The molecule has 1 aliphatic heterocycles. The molecule has 0 spiro atoms. The van der Waals surface area contributed by atoms with Gasteiger partial charge in [-0.3, -0.25) is 9.59 Å². The fraction of sp³-hybridized carbons (Fsp3) is 0.476. The minimum absolute atomic E-state index is 0.0132. The van der Waals surface area contributed by atoms with Crippen molar-refractivity contribution in [2.24, 2.45) is 11.1 Å². The topological polar surface area (TPSA) is 99.2 Å². The smallest absolute Gasteiger partial charge is 0.380 e. The Hall–Kier alpha value is -2.88. The SMILES string of the molecule is CC1(C)CC(=O)c2c(C(F)(F)F)nn(-c3cc(N[C@@H]4CCOC4)ccc3C(N)=O)c2C1. The van der Waals surface area contributed by atoms with E-state index in [9.17, 15) is 22.8 Å². The molecule has 0 bridgehead atoms. The quantitative estimate of drug-likeness (QED) is 0.766. The Morgan fingerprint density at radius 2 is 2.06 bits per heavy atom. The predicted octanol–water partition coefficient (Wildman–Crippen LogP) is 3.35. The highest BCUT2D eigenvalue weighted by Crippen LogP contribution is 2.42. The van der Waals surface area contributed by atoms with Gasteiger partial charge in [0.25, 0.3) is 5.91 Å². The second-order valence-electron chi connectivity index (χ2n) is 8.82. The largest absolute Gasteiger partial charge is 0.435 e. The van der Waals surface area contributed by atoms with Gasteiger partial charge < -0.3 is 15.8 Å². The first-order valence-electron chi connectivity index (χ1n) is 9.97. The molecule has 2 heterocycles. The van der Waals surface area contributed by atoms with Gasteiger partial charge in [0.1, 0.15) is 0 Å². The third-order valence-corrected chi connectivity index (χ3v) is 5.61. The van der Waals surface area contributed by atoms with Gasteiger partial charge >= 0.3 is 6.18 Å². The van der Waals surface area contributed by atoms with Crippen LogP contribution in [0.2, 0.25) is 0 Å². The number of rotatable bonds is 4. The fourth-order valence-corrected chi connectivity index (χ4v) is 4.23. The molecular weight excluding hydrogens is 413 g/mol. The number of benzene rings is 1. The van der Waals surface area contributed by atoms with Crippen molar-refractivity contribution in [3.05, 3.63) is 40.7 Å². The number of alkyl halides is 3. The number of primary amides is 1. The van der Waals surface area contributed by atoms with E-state index in [0.717, 1.165) is 11.1 Å². The van der Waals surface area contributed by atoms with E-state index in [1.54, 1.807) is 6.07 Å². The van der Waals surface area contributed by atoms with Crippen molar-refractivity contribution < 1.29 is 27.5 Å². The zero-order chi connectivity index (χ0) is 22.6. The molecule has 1 atom stereocenters. The van der Waals surface area contributed by atoms with Crippen LogP contribution < -0.4 is 11.1 Å². The number of nitrogens with one attached hydrogen (secondary N) is 1. The molecule has 3 N–H and O–H groups in total. The first-order valence-corrected chi connectivity index (χ1v) is 9.97. The Labute approximate surface area is 176 Å². The van der Waals surface area contributed by atoms with Crippen molar-refractivity contribution in [1.29, 1.82) is 0 Å². The molecule has 1 aromatic heterocycles. The molecule has 7 nitrogen and oxygen atoms in total. The number of aromatic nitrogens is 2. The number of hydrogen-bond donors (Lipinski definition) is 2. The van der Waals surface area contributed by atoms with E-state index in [0.29, 0.717) is 18.9 Å². The lowest BCUT2D eigenvalue weighted by molar-refractivity contribution is -0.141. The summed E-state index contributed by atoms with van der Waals surface area (Å²) < 4.78 is 47.6. The second kappa shape index (κ2) is 7.37. The predicted molar refractivity (Wildman–Crippen MR) is 106 cm³/mol. The number of hydrogen-bond acceptors (Lipinski definition) is 5. The van der Waals surface area contributed by atoms with E-state index in [1.807, 2.05) is 13.8 Å². The van der Waals surface area contributed by atoms with Crippen LogP contribution in [0.15, 0.2) is 18.2 Å². The van der Waals surface area contributed by atoms with Crippen LogP contribution in [0.1, 0.15) is 58.8 Å². The first-order chi connectivity index (χ1) is 14.5. The van der Waals surface area contributed by atoms with Crippen molar-refractivity contribution in [2.45, 2.75) is 45.3 Å². The van der Waals surface area contributed by atoms with Crippen molar-refractivity contribution in [2.75, 3.05) is 18.5 Å². The van der Waals surface area contributed by atoms with Gasteiger partial charge in [0.05, 0.1) is 35.2 Å². The molecule has 2 aromatic rings. The molecule has 1 amide bonds. The number of nitrogens with zero attached hydrogens (tertiary/aromatic N) is 2. The number of ketones is 1. The molecule has 31 heavy (non-hydrogen) atoms. The van der Waals surface area contributed by atoms with Gasteiger partial charge in [-0.1, -0.05) is 13.8 Å². The molecule has 1 saturated heterocycles. The van der Waals surface area contributed by atoms with Crippen molar-refractivity contribution in [3.63, 3.8) is 0 Å². The molecular formula is C21H23F3N4O3. The molecule has 2 aliphatic rings. The third kappa shape index (κ3) is 4.04. The average molecular weight is 436 g/mol. The van der Waals surface area contributed by atoms with E-state index in [2.05, 4.69) is 10.4 Å². The maximum absolute atomic E-state index is 13.7. The number of halogens is 3. The van der Waals surface area contributed by atoms with Gasteiger partial charge in [0, 0.05) is 18.7 Å². The molecule has 10 heteroatoms. The number of carbonyl (C=O) groups is 2. The maximum Gasteiger partial charge on any atom is 0.435 e. The summed E-state index contributed by atoms with van der Waals surface area (Å²) in [7, 11) is 0. The van der Waals surface area contributed by atoms with Crippen LogP contribution in [0.4, 0.5) is 18.9 Å². The number of anilines is 1.